The maximum absolute atomic E-state index is 15.7. The monoisotopic (exact) mass is 544 g/mol. The summed E-state index contributed by atoms with van der Waals surface area (Å²) in [6.07, 6.45) is 0.867. The first-order chi connectivity index (χ1) is 19.1. The number of alkyl carbamates (subject to hydrolysis) is 1. The van der Waals surface area contributed by atoms with Crippen LogP contribution in [0.2, 0.25) is 0 Å². The zero-order valence-corrected chi connectivity index (χ0v) is 22.7. The molecule has 4 aromatic rings. The lowest BCUT2D eigenvalue weighted by Crippen LogP contribution is -2.32. The number of ether oxygens (including phenoxy) is 3. The molecule has 1 aromatic heterocycles. The van der Waals surface area contributed by atoms with Crippen LogP contribution >= 0.6 is 0 Å². The summed E-state index contributed by atoms with van der Waals surface area (Å²) >= 11 is 0. The molecule has 0 aliphatic heterocycles. The molecule has 0 aliphatic carbocycles. The number of nitrogens with one attached hydrogen (secondary N) is 1. The Kier molecular flexibility index (Phi) is 8.39. The molecular formula is C31H29FN2O6. The summed E-state index contributed by atoms with van der Waals surface area (Å²) in [7, 11) is 1.30. The van der Waals surface area contributed by atoms with E-state index in [0.29, 0.717) is 39.1 Å². The minimum Gasteiger partial charge on any atom is -0.489 e. The number of rotatable bonds is 8. The third kappa shape index (κ3) is 6.77. The highest BCUT2D eigenvalue weighted by molar-refractivity contribution is 5.93. The van der Waals surface area contributed by atoms with Crippen molar-refractivity contribution in [3.63, 3.8) is 0 Å². The number of benzene rings is 3. The van der Waals surface area contributed by atoms with E-state index in [0.717, 1.165) is 5.39 Å². The van der Waals surface area contributed by atoms with Crippen LogP contribution in [0.5, 0.6) is 5.75 Å². The third-order valence-corrected chi connectivity index (χ3v) is 5.95. The summed E-state index contributed by atoms with van der Waals surface area (Å²) in [5.74, 6) is -0.565. The second-order valence-electron chi connectivity index (χ2n) is 10.1. The average molecular weight is 545 g/mol. The number of halogens is 1. The summed E-state index contributed by atoms with van der Waals surface area (Å²) in [5.41, 5.74) is 2.59. The molecule has 0 radical (unpaired) electrons. The van der Waals surface area contributed by atoms with Gasteiger partial charge in [0.05, 0.1) is 31.4 Å². The Hall–Kier alpha value is -4.84. The first-order valence-electron chi connectivity index (χ1n) is 12.6. The largest absolute Gasteiger partial charge is 0.489 e. The van der Waals surface area contributed by atoms with E-state index in [2.05, 4.69) is 11.4 Å². The lowest BCUT2D eigenvalue weighted by atomic mass is 9.98. The standard InChI is InChI=1S/C31H29FN2O6/c1-31(2,3)40-30(36)34-17-23-6-5-7-24(28(23)32)25-13-20(12-22-10-11-38-29(22)25)18-39-26-14-19(16-33)8-9-21(26)15-27(35)37-4/h5-14H,15,17-18H2,1-4H3,(H,34,36). The van der Waals surface area contributed by atoms with E-state index < -0.39 is 23.5 Å². The molecule has 0 spiro atoms. The Morgan fingerprint density at radius 2 is 1.85 bits per heavy atom. The van der Waals surface area contributed by atoms with E-state index >= 15 is 4.39 Å². The smallest absolute Gasteiger partial charge is 0.407 e. The Labute approximate surface area is 231 Å². The van der Waals surface area contributed by atoms with Crippen LogP contribution in [-0.4, -0.2) is 24.8 Å². The van der Waals surface area contributed by atoms with Gasteiger partial charge < -0.3 is 23.9 Å². The fourth-order valence-corrected chi connectivity index (χ4v) is 4.13. The van der Waals surface area contributed by atoms with Crippen molar-refractivity contribution >= 4 is 23.0 Å². The summed E-state index contributed by atoms with van der Waals surface area (Å²) < 4.78 is 37.5. The topological polar surface area (TPSA) is 111 Å². The molecule has 1 N–H and O–H groups in total. The number of hydrogen-bond donors (Lipinski definition) is 1. The molecule has 8 nitrogen and oxygen atoms in total. The molecule has 3 aromatic carbocycles. The van der Waals surface area contributed by atoms with Crippen molar-refractivity contribution in [1.29, 1.82) is 5.26 Å². The number of furan rings is 1. The number of carbonyl (C=O) groups is 2. The van der Waals surface area contributed by atoms with Crippen molar-refractivity contribution in [1.82, 2.24) is 5.32 Å². The van der Waals surface area contributed by atoms with Crippen LogP contribution in [-0.2, 0) is 33.8 Å². The number of fused-ring (bicyclic) bond motifs is 1. The molecule has 0 unspecified atom stereocenters. The molecule has 0 aliphatic rings. The third-order valence-electron chi connectivity index (χ3n) is 5.95. The molecule has 0 saturated carbocycles. The number of esters is 1. The summed E-state index contributed by atoms with van der Waals surface area (Å²) in [6.45, 7) is 5.27. The molecule has 0 atom stereocenters. The Balaban J connectivity index is 1.62. The van der Waals surface area contributed by atoms with E-state index in [4.69, 9.17) is 18.6 Å². The molecule has 4 rings (SSSR count). The maximum atomic E-state index is 15.7. The first-order valence-corrected chi connectivity index (χ1v) is 12.6. The molecule has 0 bridgehead atoms. The summed E-state index contributed by atoms with van der Waals surface area (Å²) in [4.78, 5) is 24.0. The van der Waals surface area contributed by atoms with Gasteiger partial charge in [-0.15, -0.1) is 0 Å². The van der Waals surface area contributed by atoms with Gasteiger partial charge in [0.1, 0.15) is 29.4 Å². The highest BCUT2D eigenvalue weighted by Gasteiger charge is 2.19. The van der Waals surface area contributed by atoms with Gasteiger partial charge in [0, 0.05) is 34.2 Å². The predicted octanol–water partition coefficient (Wildman–Crippen LogP) is 6.43. The summed E-state index contributed by atoms with van der Waals surface area (Å²) in [5, 5.41) is 12.6. The van der Waals surface area contributed by atoms with Crippen molar-refractivity contribution in [2.45, 2.75) is 45.9 Å². The molecule has 40 heavy (non-hydrogen) atoms. The van der Waals surface area contributed by atoms with Crippen LogP contribution in [0.25, 0.3) is 22.1 Å². The number of hydrogen-bond acceptors (Lipinski definition) is 7. The van der Waals surface area contributed by atoms with E-state index in [1.165, 1.54) is 13.4 Å². The van der Waals surface area contributed by atoms with Gasteiger partial charge >= 0.3 is 12.1 Å². The molecule has 0 saturated heterocycles. The Morgan fingerprint density at radius 1 is 1.05 bits per heavy atom. The Morgan fingerprint density at radius 3 is 2.58 bits per heavy atom. The number of carbonyl (C=O) groups excluding carboxylic acids is 2. The lowest BCUT2D eigenvalue weighted by Gasteiger charge is -2.20. The van der Waals surface area contributed by atoms with Crippen LogP contribution in [0.1, 0.15) is 43.0 Å². The molecule has 1 amide bonds. The van der Waals surface area contributed by atoms with Gasteiger partial charge in [-0.25, -0.2) is 9.18 Å². The second kappa shape index (κ2) is 11.9. The number of nitriles is 1. The molecule has 9 heteroatoms. The van der Waals surface area contributed by atoms with Crippen LogP contribution in [0.4, 0.5) is 9.18 Å². The zero-order chi connectivity index (χ0) is 28.9. The van der Waals surface area contributed by atoms with Crippen LogP contribution in [0.3, 0.4) is 0 Å². The van der Waals surface area contributed by atoms with Gasteiger partial charge in [-0.05, 0) is 56.7 Å². The van der Waals surface area contributed by atoms with Crippen molar-refractivity contribution in [2.75, 3.05) is 7.11 Å². The number of methoxy groups -OCH3 is 1. The second-order valence-corrected chi connectivity index (χ2v) is 10.1. The molecule has 0 fully saturated rings. The van der Waals surface area contributed by atoms with Gasteiger partial charge in [-0.3, -0.25) is 4.79 Å². The lowest BCUT2D eigenvalue weighted by molar-refractivity contribution is -0.139. The number of nitrogens with zero attached hydrogens (tertiary/aromatic N) is 1. The highest BCUT2D eigenvalue weighted by Crippen LogP contribution is 2.34. The maximum Gasteiger partial charge on any atom is 0.407 e. The molecule has 1 heterocycles. The van der Waals surface area contributed by atoms with Gasteiger partial charge in [0.2, 0.25) is 0 Å². The quantitative estimate of drug-likeness (QED) is 0.255. The van der Waals surface area contributed by atoms with Crippen LogP contribution in [0.15, 0.2) is 65.3 Å². The fraction of sp³-hybridized carbons (Fsp3) is 0.258. The molecule has 206 valence electrons. The van der Waals surface area contributed by atoms with E-state index in [1.54, 1.807) is 69.3 Å². The van der Waals surface area contributed by atoms with Crippen molar-refractivity contribution in [2.24, 2.45) is 0 Å². The van der Waals surface area contributed by atoms with Gasteiger partial charge in [-0.2, -0.15) is 5.26 Å². The average Bonchev–Trinajstić information content (AvgIpc) is 3.39. The zero-order valence-electron chi connectivity index (χ0n) is 22.7. The fourth-order valence-electron chi connectivity index (χ4n) is 4.13. The normalized spacial score (nSPS) is 11.1. The minimum absolute atomic E-state index is 0.0150. The predicted molar refractivity (Wildman–Crippen MR) is 146 cm³/mol. The van der Waals surface area contributed by atoms with E-state index in [1.807, 2.05) is 6.07 Å². The van der Waals surface area contributed by atoms with E-state index in [-0.39, 0.29) is 25.1 Å². The van der Waals surface area contributed by atoms with Crippen molar-refractivity contribution in [3.05, 3.63) is 88.9 Å². The van der Waals surface area contributed by atoms with Crippen LogP contribution < -0.4 is 10.1 Å². The van der Waals surface area contributed by atoms with Crippen molar-refractivity contribution < 1.29 is 32.6 Å². The van der Waals surface area contributed by atoms with Gasteiger partial charge in [0.25, 0.3) is 0 Å². The van der Waals surface area contributed by atoms with Crippen LogP contribution in [0, 0.1) is 17.1 Å². The Bertz CT molecular complexity index is 1600. The summed E-state index contributed by atoms with van der Waals surface area (Å²) in [6, 6.07) is 17.2. The SMILES string of the molecule is COC(=O)Cc1ccc(C#N)cc1OCc1cc(-c2cccc(CNC(=O)OC(C)(C)C)c2F)c2occc2c1. The van der Waals surface area contributed by atoms with E-state index in [9.17, 15) is 14.9 Å². The van der Waals surface area contributed by atoms with Crippen molar-refractivity contribution in [3.8, 4) is 22.9 Å². The highest BCUT2D eigenvalue weighted by atomic mass is 19.1. The molecular weight excluding hydrogens is 515 g/mol. The van der Waals surface area contributed by atoms with Gasteiger partial charge in [0.15, 0.2) is 0 Å². The number of amides is 1. The van der Waals surface area contributed by atoms with Gasteiger partial charge in [-0.1, -0.05) is 24.3 Å². The first kappa shape index (κ1) is 28.2. The minimum atomic E-state index is -0.673.